The highest BCUT2D eigenvalue weighted by Crippen LogP contribution is 2.09. The van der Waals surface area contributed by atoms with Crippen LogP contribution in [0.1, 0.15) is 38.4 Å². The Morgan fingerprint density at radius 2 is 2.33 bits per heavy atom. The topological polar surface area (TPSA) is 17.8 Å². The zero-order chi connectivity index (χ0) is 11.1. The summed E-state index contributed by atoms with van der Waals surface area (Å²) in [6.07, 6.45) is 9.60. The van der Waals surface area contributed by atoms with Crippen molar-refractivity contribution in [1.29, 1.82) is 0 Å². The minimum absolute atomic E-state index is 0.505. The number of hydrogen-bond donors (Lipinski definition) is 0. The molecule has 0 aliphatic heterocycles. The molecule has 0 spiro atoms. The molecule has 0 radical (unpaired) electrons. The van der Waals surface area contributed by atoms with E-state index in [9.17, 15) is 0 Å². The van der Waals surface area contributed by atoms with E-state index in [4.69, 9.17) is 0 Å². The van der Waals surface area contributed by atoms with Gasteiger partial charge >= 0.3 is 0 Å². The fourth-order valence-corrected chi connectivity index (χ4v) is 1.57. The van der Waals surface area contributed by atoms with Crippen molar-refractivity contribution in [2.45, 2.75) is 39.2 Å². The molecule has 1 aromatic rings. The molecule has 1 aromatic heterocycles. The van der Waals surface area contributed by atoms with Crippen molar-refractivity contribution in [2.24, 2.45) is 0 Å². The molecule has 1 unspecified atom stereocenters. The van der Waals surface area contributed by atoms with Crippen LogP contribution in [0.4, 0.5) is 0 Å². The monoisotopic (exact) mass is 270 g/mol. The van der Waals surface area contributed by atoms with Gasteiger partial charge in [-0.2, -0.15) is 5.10 Å². The maximum absolute atomic E-state index is 4.53. The predicted molar refractivity (Wildman–Crippen MR) is 68.5 cm³/mol. The minimum Gasteiger partial charge on any atom is -0.270 e. The molecule has 0 aliphatic carbocycles. The predicted octanol–water partition coefficient (Wildman–Crippen LogP) is 3.74. The van der Waals surface area contributed by atoms with Gasteiger partial charge in [0.1, 0.15) is 0 Å². The molecule has 1 atom stereocenters. The van der Waals surface area contributed by atoms with Crippen LogP contribution in [0.5, 0.6) is 0 Å². The third-order valence-electron chi connectivity index (χ3n) is 2.48. The van der Waals surface area contributed by atoms with Crippen LogP contribution in [-0.4, -0.2) is 15.1 Å². The van der Waals surface area contributed by atoms with E-state index in [1.54, 1.807) is 0 Å². The molecular formula is C12H19BrN2. The van der Waals surface area contributed by atoms with Crippen molar-refractivity contribution in [1.82, 2.24) is 9.78 Å². The summed E-state index contributed by atoms with van der Waals surface area (Å²) in [5.74, 6) is 0. The standard InChI is InChI=1S/C12H19BrN2/c1-3-11(2)15-10-8-12(14-15)7-5-4-6-9-13/h4-5,8,10-11H,3,6-7,9H2,1-2H3. The summed E-state index contributed by atoms with van der Waals surface area (Å²) in [5, 5.41) is 5.56. The first kappa shape index (κ1) is 12.5. The molecule has 3 heteroatoms. The van der Waals surface area contributed by atoms with E-state index in [0.29, 0.717) is 6.04 Å². The average molecular weight is 271 g/mol. The molecular weight excluding hydrogens is 252 g/mol. The Balaban J connectivity index is 2.46. The van der Waals surface area contributed by atoms with Gasteiger partial charge in [0.2, 0.25) is 0 Å². The van der Waals surface area contributed by atoms with E-state index in [-0.39, 0.29) is 0 Å². The van der Waals surface area contributed by atoms with Crippen molar-refractivity contribution >= 4 is 15.9 Å². The van der Waals surface area contributed by atoms with Gasteiger partial charge in [0.15, 0.2) is 0 Å². The molecule has 0 amide bonds. The van der Waals surface area contributed by atoms with Crippen molar-refractivity contribution in [3.8, 4) is 0 Å². The summed E-state index contributed by atoms with van der Waals surface area (Å²) >= 11 is 3.40. The second-order valence-electron chi connectivity index (χ2n) is 3.70. The molecule has 0 N–H and O–H groups in total. The van der Waals surface area contributed by atoms with Gasteiger partial charge in [-0.25, -0.2) is 0 Å². The average Bonchev–Trinajstić information content (AvgIpc) is 2.72. The van der Waals surface area contributed by atoms with Crippen LogP contribution >= 0.6 is 15.9 Å². The number of aromatic nitrogens is 2. The molecule has 0 fully saturated rings. The summed E-state index contributed by atoms with van der Waals surface area (Å²) in [6, 6.07) is 2.61. The number of hydrogen-bond acceptors (Lipinski definition) is 1. The quantitative estimate of drug-likeness (QED) is 0.569. The first-order valence-electron chi connectivity index (χ1n) is 5.53. The van der Waals surface area contributed by atoms with Gasteiger partial charge in [0.25, 0.3) is 0 Å². The van der Waals surface area contributed by atoms with E-state index in [2.05, 4.69) is 59.3 Å². The lowest BCUT2D eigenvalue weighted by Crippen LogP contribution is -2.04. The first-order chi connectivity index (χ1) is 7.27. The first-order valence-corrected chi connectivity index (χ1v) is 6.65. The number of alkyl halides is 1. The Labute approximate surface area is 101 Å². The van der Waals surface area contributed by atoms with Crippen LogP contribution in [0.15, 0.2) is 24.4 Å². The zero-order valence-electron chi connectivity index (χ0n) is 9.49. The Morgan fingerprint density at radius 1 is 1.53 bits per heavy atom. The summed E-state index contributed by atoms with van der Waals surface area (Å²) in [4.78, 5) is 0. The van der Waals surface area contributed by atoms with Crippen molar-refractivity contribution in [3.05, 3.63) is 30.1 Å². The van der Waals surface area contributed by atoms with E-state index in [0.717, 1.165) is 30.3 Å². The fourth-order valence-electron chi connectivity index (χ4n) is 1.30. The smallest absolute Gasteiger partial charge is 0.0662 e. The maximum atomic E-state index is 4.53. The third kappa shape index (κ3) is 4.20. The van der Waals surface area contributed by atoms with Crippen molar-refractivity contribution < 1.29 is 0 Å². The zero-order valence-corrected chi connectivity index (χ0v) is 11.1. The van der Waals surface area contributed by atoms with Gasteiger partial charge in [-0.1, -0.05) is 35.0 Å². The van der Waals surface area contributed by atoms with E-state index < -0.39 is 0 Å². The summed E-state index contributed by atoms with van der Waals surface area (Å²) < 4.78 is 2.05. The Morgan fingerprint density at radius 3 is 3.00 bits per heavy atom. The third-order valence-corrected chi connectivity index (χ3v) is 2.93. The van der Waals surface area contributed by atoms with Gasteiger partial charge < -0.3 is 0 Å². The van der Waals surface area contributed by atoms with E-state index in [1.165, 1.54) is 0 Å². The molecule has 0 aliphatic rings. The summed E-state index contributed by atoms with van der Waals surface area (Å²) in [5.41, 5.74) is 1.15. The Hall–Kier alpha value is -0.570. The van der Waals surface area contributed by atoms with Gasteiger partial charge in [0.05, 0.1) is 5.69 Å². The molecule has 84 valence electrons. The van der Waals surface area contributed by atoms with Crippen LogP contribution < -0.4 is 0 Å². The summed E-state index contributed by atoms with van der Waals surface area (Å²) in [6.45, 7) is 4.37. The van der Waals surface area contributed by atoms with Gasteiger partial charge in [-0.3, -0.25) is 4.68 Å². The normalized spacial score (nSPS) is 13.5. The SMILES string of the molecule is CCC(C)n1ccc(CC=CCCBr)n1. The molecule has 0 saturated carbocycles. The van der Waals surface area contributed by atoms with E-state index >= 15 is 0 Å². The van der Waals surface area contributed by atoms with Crippen molar-refractivity contribution in [3.63, 3.8) is 0 Å². The maximum Gasteiger partial charge on any atom is 0.0662 e. The molecule has 0 aromatic carbocycles. The Kier molecular flexibility index (Phi) is 5.69. The lowest BCUT2D eigenvalue weighted by Gasteiger charge is -2.07. The molecule has 0 saturated heterocycles. The highest BCUT2D eigenvalue weighted by atomic mass is 79.9. The molecule has 2 nitrogen and oxygen atoms in total. The van der Waals surface area contributed by atoms with Crippen molar-refractivity contribution in [2.75, 3.05) is 5.33 Å². The lowest BCUT2D eigenvalue weighted by atomic mass is 10.3. The van der Waals surface area contributed by atoms with Gasteiger partial charge in [-0.15, -0.1) is 0 Å². The lowest BCUT2D eigenvalue weighted by molar-refractivity contribution is 0.474. The number of allylic oxidation sites excluding steroid dienone is 2. The second-order valence-corrected chi connectivity index (χ2v) is 4.49. The van der Waals surface area contributed by atoms with Crippen LogP contribution in [0.2, 0.25) is 0 Å². The second kappa shape index (κ2) is 6.83. The highest BCUT2D eigenvalue weighted by molar-refractivity contribution is 9.09. The van der Waals surface area contributed by atoms with Crippen LogP contribution in [0, 0.1) is 0 Å². The Bertz CT molecular complexity index is 304. The minimum atomic E-state index is 0.505. The van der Waals surface area contributed by atoms with Crippen LogP contribution in [0.3, 0.4) is 0 Å². The molecule has 0 bridgehead atoms. The number of halogens is 1. The molecule has 1 rings (SSSR count). The number of rotatable bonds is 6. The van der Waals surface area contributed by atoms with Crippen LogP contribution in [-0.2, 0) is 6.42 Å². The summed E-state index contributed by atoms with van der Waals surface area (Å²) in [7, 11) is 0. The molecule has 15 heavy (non-hydrogen) atoms. The highest BCUT2D eigenvalue weighted by Gasteiger charge is 2.02. The fraction of sp³-hybridized carbons (Fsp3) is 0.583. The van der Waals surface area contributed by atoms with E-state index in [1.807, 2.05) is 4.68 Å². The number of nitrogens with zero attached hydrogens (tertiary/aromatic N) is 2. The van der Waals surface area contributed by atoms with Crippen LogP contribution in [0.25, 0.3) is 0 Å². The largest absolute Gasteiger partial charge is 0.270 e. The molecule has 1 heterocycles. The van der Waals surface area contributed by atoms with Gasteiger partial charge in [0, 0.05) is 24.0 Å². The van der Waals surface area contributed by atoms with Gasteiger partial charge in [-0.05, 0) is 25.8 Å².